The molecule has 0 aliphatic rings. The topological polar surface area (TPSA) is 0 Å². The molecule has 41 heavy (non-hydrogen) atoms. The molecule has 0 atom stereocenters. The van der Waals surface area contributed by atoms with Crippen molar-refractivity contribution in [1.82, 2.24) is 0 Å². The zero-order chi connectivity index (χ0) is 32.5. The van der Waals surface area contributed by atoms with E-state index in [-0.39, 0.29) is 31.5 Å². The molecule has 2 rings (SSSR count). The third kappa shape index (κ3) is 6.20. The summed E-state index contributed by atoms with van der Waals surface area (Å²) in [6.45, 7) is 43.1. The molecule has 242 valence electrons. The Morgan fingerprint density at radius 1 is 0.390 bits per heavy atom. The van der Waals surface area contributed by atoms with E-state index in [4.69, 9.17) is 19.1 Å². The second-order valence-corrected chi connectivity index (χ2v) is 53.8. The van der Waals surface area contributed by atoms with E-state index in [1.807, 2.05) is 0 Å². The SMILES string of the molecule is CC(C)(C)c1ccc([PH](C(C)(C)C)(C(C)(C)C)[Pd]([Cl])([Cl])[PH](c2ccc(C(C)(C)C)cc2)(C(C)(C)C)C(C)(C)C)cc1. The van der Waals surface area contributed by atoms with Crippen molar-refractivity contribution in [2.24, 2.45) is 0 Å². The van der Waals surface area contributed by atoms with E-state index < -0.39 is 23.4 Å². The average Bonchev–Trinajstić information content (AvgIpc) is 2.69. The molecule has 0 spiro atoms. The number of hydrogen-bond donors (Lipinski definition) is 0. The molecular formula is C36H64Cl2P2Pd. The second-order valence-electron chi connectivity index (χ2n) is 18.2. The van der Waals surface area contributed by atoms with Gasteiger partial charge in [0.25, 0.3) is 0 Å². The van der Waals surface area contributed by atoms with Gasteiger partial charge in [-0.25, -0.2) is 0 Å². The second kappa shape index (κ2) is 11.4. The Hall–Kier alpha value is 0.542. The first-order valence-corrected chi connectivity index (χ1v) is 27.5. The Labute approximate surface area is 267 Å². The molecule has 5 heteroatoms. The average molecular weight is 736 g/mol. The molecule has 0 aliphatic carbocycles. The Morgan fingerprint density at radius 2 is 0.585 bits per heavy atom. The number of benzene rings is 2. The first-order valence-electron chi connectivity index (χ1n) is 15.2. The van der Waals surface area contributed by atoms with Crippen LogP contribution in [0.25, 0.3) is 0 Å². The van der Waals surface area contributed by atoms with Crippen molar-refractivity contribution in [3.63, 3.8) is 0 Å². The van der Waals surface area contributed by atoms with Crippen molar-refractivity contribution < 1.29 is 12.5 Å². The van der Waals surface area contributed by atoms with Gasteiger partial charge in [-0.05, 0) is 0 Å². The van der Waals surface area contributed by atoms with E-state index in [1.165, 1.54) is 21.7 Å². The molecule has 0 fully saturated rings. The summed E-state index contributed by atoms with van der Waals surface area (Å²) in [5, 5.41) is 2.63. The zero-order valence-electron chi connectivity index (χ0n) is 29.7. The molecule has 0 saturated carbocycles. The summed E-state index contributed by atoms with van der Waals surface area (Å²) >= 11 is -3.37. The first-order chi connectivity index (χ1) is 17.9. The molecule has 0 heterocycles. The Balaban J connectivity index is 3.27. The van der Waals surface area contributed by atoms with E-state index in [9.17, 15) is 0 Å². The summed E-state index contributed by atoms with van der Waals surface area (Å²) in [7, 11) is 17.4. The minimum atomic E-state index is -3.37. The summed E-state index contributed by atoms with van der Waals surface area (Å²) < 4.78 is 0. The molecule has 0 aliphatic heterocycles. The van der Waals surface area contributed by atoms with Gasteiger partial charge in [-0.15, -0.1) is 0 Å². The number of hydrogen-bond acceptors (Lipinski definition) is 0. The minimum absolute atomic E-state index is 0.0602. The molecule has 0 saturated heterocycles. The van der Waals surface area contributed by atoms with Crippen LogP contribution in [0.4, 0.5) is 0 Å². The molecule has 0 aromatic heterocycles. The fourth-order valence-electron chi connectivity index (χ4n) is 7.96. The summed E-state index contributed by atoms with van der Waals surface area (Å²) in [6.07, 6.45) is 0. The van der Waals surface area contributed by atoms with Crippen molar-refractivity contribution in [1.29, 1.82) is 0 Å². The summed E-state index contributed by atoms with van der Waals surface area (Å²) in [5.74, 6) is 0. The maximum atomic E-state index is 8.69. The van der Waals surface area contributed by atoms with Crippen LogP contribution < -0.4 is 10.6 Å². The van der Waals surface area contributed by atoms with E-state index in [0.717, 1.165) is 0 Å². The zero-order valence-corrected chi connectivity index (χ0v) is 34.8. The van der Waals surface area contributed by atoms with E-state index in [0.29, 0.717) is 0 Å². The van der Waals surface area contributed by atoms with Crippen LogP contribution in [0.15, 0.2) is 48.5 Å². The molecule has 2 aromatic rings. The number of halogens is 2. The summed E-state index contributed by atoms with van der Waals surface area (Å²) in [6, 6.07) is 19.2. The molecule has 0 bridgehead atoms. The molecule has 0 unspecified atom stereocenters. The van der Waals surface area contributed by atoms with Crippen molar-refractivity contribution in [2.45, 2.75) is 156 Å². The Kier molecular flexibility index (Phi) is 10.5. The summed E-state index contributed by atoms with van der Waals surface area (Å²) in [5.41, 5.74) is -2.56. The fraction of sp³-hybridized carbons (Fsp3) is 0.667. The molecule has 0 amide bonds. The first kappa shape index (κ1) is 37.7. The van der Waals surface area contributed by atoms with Crippen molar-refractivity contribution >= 4 is 40.6 Å². The van der Waals surface area contributed by atoms with Gasteiger partial charge in [0.2, 0.25) is 0 Å². The molecule has 0 radical (unpaired) electrons. The number of rotatable bonds is 4. The van der Waals surface area contributed by atoms with E-state index in [2.05, 4.69) is 173 Å². The standard InChI is InChI=1S/2C18H31P.2ClH.Pd/c2*1-16(2,3)14-10-12-15(13-11-14)19(17(4,5)6)18(7,8)9;;;/h2*10-13H,1-9H3;2*1H;. The summed E-state index contributed by atoms with van der Waals surface area (Å²) in [4.78, 5) is 0. The van der Waals surface area contributed by atoms with Crippen LogP contribution in [-0.4, -0.2) is 20.6 Å². The van der Waals surface area contributed by atoms with Crippen LogP contribution in [-0.2, 0) is 23.3 Å². The Morgan fingerprint density at radius 3 is 0.732 bits per heavy atom. The maximum absolute atomic E-state index is 8.69. The van der Waals surface area contributed by atoms with Gasteiger partial charge in [0, 0.05) is 0 Å². The van der Waals surface area contributed by atoms with Gasteiger partial charge in [0.1, 0.15) is 0 Å². The van der Waals surface area contributed by atoms with Crippen LogP contribution in [0.2, 0.25) is 0 Å². The molecular weight excluding hydrogens is 672 g/mol. The molecule has 0 N–H and O–H groups in total. The third-order valence-corrected chi connectivity index (χ3v) is 66.7. The monoisotopic (exact) mass is 734 g/mol. The van der Waals surface area contributed by atoms with Crippen LogP contribution >= 0.6 is 30.0 Å². The van der Waals surface area contributed by atoms with Crippen LogP contribution in [0, 0.1) is 0 Å². The van der Waals surface area contributed by atoms with E-state index >= 15 is 0 Å². The third-order valence-electron chi connectivity index (χ3n) is 8.81. The van der Waals surface area contributed by atoms with Crippen molar-refractivity contribution in [3.05, 3.63) is 59.7 Å². The Bertz CT molecular complexity index is 1060. The van der Waals surface area contributed by atoms with Crippen LogP contribution in [0.5, 0.6) is 0 Å². The van der Waals surface area contributed by atoms with Gasteiger partial charge in [-0.1, -0.05) is 0 Å². The van der Waals surface area contributed by atoms with Gasteiger partial charge in [0.05, 0.1) is 0 Å². The van der Waals surface area contributed by atoms with Gasteiger partial charge in [-0.3, -0.25) is 0 Å². The molecule has 0 nitrogen and oxygen atoms in total. The van der Waals surface area contributed by atoms with Crippen LogP contribution in [0.1, 0.15) is 136 Å². The molecule has 2 aromatic carbocycles. The van der Waals surface area contributed by atoms with Crippen LogP contribution in [0.3, 0.4) is 0 Å². The van der Waals surface area contributed by atoms with Gasteiger partial charge >= 0.3 is 269 Å². The predicted octanol–water partition coefficient (Wildman–Crippen LogP) is 12.2. The predicted molar refractivity (Wildman–Crippen MR) is 197 cm³/mol. The normalized spacial score (nSPS) is 16.5. The van der Waals surface area contributed by atoms with E-state index in [1.54, 1.807) is 0 Å². The van der Waals surface area contributed by atoms with Crippen molar-refractivity contribution in [2.75, 3.05) is 0 Å². The van der Waals surface area contributed by atoms with Gasteiger partial charge in [0.15, 0.2) is 0 Å². The fourth-order valence-corrected chi connectivity index (χ4v) is 102. The van der Waals surface area contributed by atoms with Gasteiger partial charge < -0.3 is 0 Å². The van der Waals surface area contributed by atoms with Crippen molar-refractivity contribution in [3.8, 4) is 0 Å². The van der Waals surface area contributed by atoms with Gasteiger partial charge in [-0.2, -0.15) is 0 Å². The quantitative estimate of drug-likeness (QED) is 0.217.